The lowest BCUT2D eigenvalue weighted by Gasteiger charge is -2.16. The van der Waals surface area contributed by atoms with E-state index in [4.69, 9.17) is 9.47 Å². The molecule has 2 heteroatoms. The van der Waals surface area contributed by atoms with E-state index in [1.807, 2.05) is 18.2 Å². The van der Waals surface area contributed by atoms with Crippen LogP contribution in [0, 0.1) is 11.8 Å². The number of rotatable bonds is 3. The summed E-state index contributed by atoms with van der Waals surface area (Å²) in [6.45, 7) is 4.56. The highest BCUT2D eigenvalue weighted by Gasteiger charge is 2.40. The number of methoxy groups -OCH3 is 1. The van der Waals surface area contributed by atoms with Gasteiger partial charge in [0, 0.05) is 0 Å². The molecule has 1 aliphatic heterocycles. The summed E-state index contributed by atoms with van der Waals surface area (Å²) >= 11 is 0. The molecule has 3 rings (SSSR count). The maximum atomic E-state index is 6.39. The third kappa shape index (κ3) is 2.68. The summed E-state index contributed by atoms with van der Waals surface area (Å²) in [4.78, 5) is 0. The van der Waals surface area contributed by atoms with Crippen molar-refractivity contribution >= 4 is 0 Å². The van der Waals surface area contributed by atoms with Crippen molar-refractivity contribution in [2.45, 2.75) is 26.1 Å². The molecule has 0 radical (unpaired) electrons. The van der Waals surface area contributed by atoms with Crippen LogP contribution < -0.4 is 4.74 Å². The smallest absolute Gasteiger partial charge is 0.118 e. The van der Waals surface area contributed by atoms with E-state index in [2.05, 4.69) is 50.2 Å². The Morgan fingerprint density at radius 2 is 1.29 bits per heavy atom. The molecule has 2 aromatic rings. The Kier molecular flexibility index (Phi) is 3.98. The Morgan fingerprint density at radius 1 is 0.762 bits per heavy atom. The molecule has 1 aliphatic rings. The van der Waals surface area contributed by atoms with E-state index in [9.17, 15) is 0 Å². The zero-order chi connectivity index (χ0) is 14.8. The standard InChI is InChI=1S/C19H22O2/c1-13-14(2)19(16-9-11-17(20-3)12-10-16)21-18(13)15-7-5-4-6-8-15/h4-14,18-19H,1-3H3/t13-,14-,18+,19-/m1/s1. The van der Waals surface area contributed by atoms with Crippen molar-refractivity contribution in [3.8, 4) is 5.75 Å². The second-order valence-electron chi connectivity index (χ2n) is 5.88. The van der Waals surface area contributed by atoms with Crippen LogP contribution in [-0.2, 0) is 4.74 Å². The van der Waals surface area contributed by atoms with Gasteiger partial charge in [0.25, 0.3) is 0 Å². The van der Waals surface area contributed by atoms with Gasteiger partial charge in [0.15, 0.2) is 0 Å². The van der Waals surface area contributed by atoms with Crippen molar-refractivity contribution < 1.29 is 9.47 Å². The second kappa shape index (κ2) is 5.90. The van der Waals surface area contributed by atoms with E-state index in [0.717, 1.165) is 5.75 Å². The van der Waals surface area contributed by atoms with Gasteiger partial charge >= 0.3 is 0 Å². The molecule has 1 saturated heterocycles. The first-order valence-electron chi connectivity index (χ1n) is 7.55. The van der Waals surface area contributed by atoms with Crippen molar-refractivity contribution in [1.29, 1.82) is 0 Å². The van der Waals surface area contributed by atoms with Crippen molar-refractivity contribution in [2.75, 3.05) is 7.11 Å². The summed E-state index contributed by atoms with van der Waals surface area (Å²) < 4.78 is 11.6. The number of ether oxygens (including phenoxy) is 2. The van der Waals surface area contributed by atoms with Crippen molar-refractivity contribution in [1.82, 2.24) is 0 Å². The summed E-state index contributed by atoms with van der Waals surface area (Å²) in [7, 11) is 1.69. The van der Waals surface area contributed by atoms with Gasteiger partial charge in [-0.2, -0.15) is 0 Å². The fourth-order valence-corrected chi connectivity index (χ4v) is 3.16. The van der Waals surface area contributed by atoms with E-state index in [0.29, 0.717) is 11.8 Å². The monoisotopic (exact) mass is 282 g/mol. The maximum absolute atomic E-state index is 6.39. The van der Waals surface area contributed by atoms with Crippen LogP contribution in [0.3, 0.4) is 0 Å². The molecule has 2 aromatic carbocycles. The van der Waals surface area contributed by atoms with Gasteiger partial charge < -0.3 is 9.47 Å². The lowest BCUT2D eigenvalue weighted by atomic mass is 9.85. The van der Waals surface area contributed by atoms with E-state index in [1.165, 1.54) is 11.1 Å². The third-order valence-electron chi connectivity index (χ3n) is 4.65. The summed E-state index contributed by atoms with van der Waals surface area (Å²) in [5, 5.41) is 0. The van der Waals surface area contributed by atoms with Crippen LogP contribution in [-0.4, -0.2) is 7.11 Å². The Bertz CT molecular complexity index is 576. The topological polar surface area (TPSA) is 18.5 Å². The van der Waals surface area contributed by atoms with Crippen LogP contribution in [0.1, 0.15) is 37.2 Å². The SMILES string of the molecule is COc1ccc([C@@H]2O[C@H](c3ccccc3)[C@H](C)[C@H]2C)cc1. The molecular weight excluding hydrogens is 260 g/mol. The molecule has 0 bridgehead atoms. The Hall–Kier alpha value is -1.80. The normalized spacial score (nSPS) is 28.5. The fraction of sp³-hybridized carbons (Fsp3) is 0.368. The van der Waals surface area contributed by atoms with Gasteiger partial charge in [-0.05, 0) is 35.1 Å². The lowest BCUT2D eigenvalue weighted by molar-refractivity contribution is 0.0290. The first kappa shape index (κ1) is 14.2. The molecular formula is C19H22O2. The Balaban J connectivity index is 1.84. The van der Waals surface area contributed by atoms with Gasteiger partial charge in [-0.3, -0.25) is 0 Å². The van der Waals surface area contributed by atoms with Crippen LogP contribution in [0.15, 0.2) is 54.6 Å². The van der Waals surface area contributed by atoms with Crippen molar-refractivity contribution in [3.05, 3.63) is 65.7 Å². The van der Waals surface area contributed by atoms with Crippen LogP contribution in [0.2, 0.25) is 0 Å². The van der Waals surface area contributed by atoms with E-state index < -0.39 is 0 Å². The second-order valence-corrected chi connectivity index (χ2v) is 5.88. The minimum Gasteiger partial charge on any atom is -0.497 e. The maximum Gasteiger partial charge on any atom is 0.118 e. The van der Waals surface area contributed by atoms with Gasteiger partial charge in [-0.1, -0.05) is 56.3 Å². The largest absolute Gasteiger partial charge is 0.497 e. The van der Waals surface area contributed by atoms with Crippen LogP contribution in [0.5, 0.6) is 5.75 Å². The minimum atomic E-state index is 0.149. The molecule has 0 saturated carbocycles. The molecule has 0 spiro atoms. The zero-order valence-corrected chi connectivity index (χ0v) is 12.8. The Morgan fingerprint density at radius 3 is 1.81 bits per heavy atom. The summed E-state index contributed by atoms with van der Waals surface area (Å²) in [6.07, 6.45) is 0.324. The minimum absolute atomic E-state index is 0.149. The van der Waals surface area contributed by atoms with Crippen LogP contribution >= 0.6 is 0 Å². The third-order valence-corrected chi connectivity index (χ3v) is 4.65. The molecule has 0 N–H and O–H groups in total. The summed E-state index contributed by atoms with van der Waals surface area (Å²) in [5.41, 5.74) is 2.50. The quantitative estimate of drug-likeness (QED) is 0.806. The lowest BCUT2D eigenvalue weighted by Crippen LogP contribution is -2.09. The number of hydrogen-bond acceptors (Lipinski definition) is 2. The molecule has 0 amide bonds. The molecule has 0 aliphatic carbocycles. The molecule has 21 heavy (non-hydrogen) atoms. The molecule has 4 atom stereocenters. The summed E-state index contributed by atoms with van der Waals surface area (Å²) in [6, 6.07) is 18.8. The molecule has 0 unspecified atom stereocenters. The van der Waals surface area contributed by atoms with Gasteiger partial charge in [0.2, 0.25) is 0 Å². The molecule has 0 aromatic heterocycles. The molecule has 2 nitrogen and oxygen atoms in total. The molecule has 1 heterocycles. The first-order valence-corrected chi connectivity index (χ1v) is 7.55. The average molecular weight is 282 g/mol. The van der Waals surface area contributed by atoms with Crippen molar-refractivity contribution in [3.63, 3.8) is 0 Å². The highest BCUT2D eigenvalue weighted by Crippen LogP contribution is 2.48. The predicted molar refractivity (Wildman–Crippen MR) is 84.3 cm³/mol. The highest BCUT2D eigenvalue weighted by molar-refractivity contribution is 5.30. The van der Waals surface area contributed by atoms with Crippen LogP contribution in [0.25, 0.3) is 0 Å². The summed E-state index contributed by atoms with van der Waals surface area (Å²) in [5.74, 6) is 1.88. The van der Waals surface area contributed by atoms with Gasteiger partial charge in [-0.25, -0.2) is 0 Å². The van der Waals surface area contributed by atoms with E-state index >= 15 is 0 Å². The predicted octanol–water partition coefficient (Wildman–Crippen LogP) is 4.78. The molecule has 1 fully saturated rings. The van der Waals surface area contributed by atoms with Crippen molar-refractivity contribution in [2.24, 2.45) is 11.8 Å². The highest BCUT2D eigenvalue weighted by atomic mass is 16.5. The van der Waals surface area contributed by atoms with E-state index in [-0.39, 0.29) is 12.2 Å². The number of hydrogen-bond donors (Lipinski definition) is 0. The van der Waals surface area contributed by atoms with Gasteiger partial charge in [0.05, 0.1) is 19.3 Å². The molecule has 110 valence electrons. The van der Waals surface area contributed by atoms with Gasteiger partial charge in [0.1, 0.15) is 5.75 Å². The number of benzene rings is 2. The van der Waals surface area contributed by atoms with Crippen LogP contribution in [0.4, 0.5) is 0 Å². The Labute approximate surface area is 126 Å². The van der Waals surface area contributed by atoms with Gasteiger partial charge in [-0.15, -0.1) is 0 Å². The zero-order valence-electron chi connectivity index (χ0n) is 12.8. The fourth-order valence-electron chi connectivity index (χ4n) is 3.16. The first-order chi connectivity index (χ1) is 10.2. The average Bonchev–Trinajstić information content (AvgIpc) is 2.84. The van der Waals surface area contributed by atoms with E-state index in [1.54, 1.807) is 7.11 Å².